The van der Waals surface area contributed by atoms with Crippen molar-refractivity contribution in [2.24, 2.45) is 0 Å². The lowest BCUT2D eigenvalue weighted by molar-refractivity contribution is -0.135. The van der Waals surface area contributed by atoms with Crippen molar-refractivity contribution < 1.29 is 28.6 Å². The summed E-state index contributed by atoms with van der Waals surface area (Å²) in [5.41, 5.74) is 2.52. The number of rotatable bonds is 2. The van der Waals surface area contributed by atoms with Crippen LogP contribution in [0.15, 0.2) is 42.5 Å². The molecular weight excluding hydrogens is 432 g/mol. The van der Waals surface area contributed by atoms with Crippen LogP contribution in [0.4, 0.5) is 0 Å². The zero-order valence-corrected chi connectivity index (χ0v) is 19.7. The standard InChI is InChI=1S/C28H30O6/c1-18-10-9-15-21(29)14-8-4-7-13-20-16-23-26(27(32-2)25(20)28(31)33-18)22(17-24(30)34-23)19-11-5-3-6-12-19/h3,5-7,11-13,16,18,22H,4,8-10,14-15,17H2,1-2H3/t18-,22+/m1/s1. The first-order chi connectivity index (χ1) is 16.5. The van der Waals surface area contributed by atoms with E-state index in [4.69, 9.17) is 14.2 Å². The molecule has 0 aliphatic carbocycles. The van der Waals surface area contributed by atoms with E-state index in [1.807, 2.05) is 49.4 Å². The zero-order chi connectivity index (χ0) is 24.1. The Morgan fingerprint density at radius 2 is 1.79 bits per heavy atom. The molecule has 0 radical (unpaired) electrons. The Balaban J connectivity index is 1.85. The molecule has 2 atom stereocenters. The minimum absolute atomic E-state index is 0.154. The molecule has 0 amide bonds. The number of carbonyl (C=O) groups excluding carboxylic acids is 3. The van der Waals surface area contributed by atoms with E-state index >= 15 is 0 Å². The highest BCUT2D eigenvalue weighted by atomic mass is 16.5. The van der Waals surface area contributed by atoms with Gasteiger partial charge >= 0.3 is 11.9 Å². The second kappa shape index (κ2) is 10.7. The fourth-order valence-corrected chi connectivity index (χ4v) is 4.68. The van der Waals surface area contributed by atoms with Gasteiger partial charge in [-0.25, -0.2) is 4.79 Å². The molecule has 2 aromatic rings. The maximum Gasteiger partial charge on any atom is 0.342 e. The lowest BCUT2D eigenvalue weighted by Crippen LogP contribution is -2.24. The summed E-state index contributed by atoms with van der Waals surface area (Å²) < 4.78 is 17.2. The van der Waals surface area contributed by atoms with Crippen LogP contribution in [0.2, 0.25) is 0 Å². The Morgan fingerprint density at radius 1 is 1.03 bits per heavy atom. The molecule has 6 nitrogen and oxygen atoms in total. The monoisotopic (exact) mass is 462 g/mol. The van der Waals surface area contributed by atoms with Crippen LogP contribution in [0, 0.1) is 0 Å². The third-order valence-electron chi connectivity index (χ3n) is 6.36. The summed E-state index contributed by atoms with van der Waals surface area (Å²) in [6.45, 7) is 1.84. The average molecular weight is 463 g/mol. The first-order valence-electron chi connectivity index (χ1n) is 11.9. The number of cyclic esters (lactones) is 1. The summed E-state index contributed by atoms with van der Waals surface area (Å²) in [7, 11) is 1.52. The van der Waals surface area contributed by atoms with Crippen molar-refractivity contribution in [1.29, 1.82) is 0 Å². The minimum Gasteiger partial charge on any atom is -0.495 e. The molecule has 0 saturated carbocycles. The Bertz CT molecular complexity index is 1100. The SMILES string of the molecule is COc1c2c(cc3c1[C@H](c1ccccc1)CC(=O)O3)C=CCCCC(=O)CCC[C@@H](C)OC2=O. The molecule has 2 aliphatic heterocycles. The van der Waals surface area contributed by atoms with Gasteiger partial charge in [0, 0.05) is 24.3 Å². The number of allylic oxidation sites excluding steroid dienone is 1. The first kappa shape index (κ1) is 23.7. The van der Waals surface area contributed by atoms with Gasteiger partial charge in [-0.05, 0) is 49.8 Å². The zero-order valence-electron chi connectivity index (χ0n) is 19.7. The van der Waals surface area contributed by atoms with Gasteiger partial charge in [0.25, 0.3) is 0 Å². The number of hydrogen-bond donors (Lipinski definition) is 0. The smallest absolute Gasteiger partial charge is 0.342 e. The van der Waals surface area contributed by atoms with Gasteiger partial charge in [0.1, 0.15) is 22.8 Å². The third-order valence-corrected chi connectivity index (χ3v) is 6.36. The van der Waals surface area contributed by atoms with Crippen LogP contribution in [0.3, 0.4) is 0 Å². The van der Waals surface area contributed by atoms with Gasteiger partial charge in [-0.1, -0.05) is 42.5 Å². The van der Waals surface area contributed by atoms with Crippen LogP contribution in [-0.2, 0) is 14.3 Å². The average Bonchev–Trinajstić information content (AvgIpc) is 2.82. The quantitative estimate of drug-likeness (QED) is 0.426. The van der Waals surface area contributed by atoms with E-state index in [9.17, 15) is 14.4 Å². The van der Waals surface area contributed by atoms with Crippen LogP contribution in [0.25, 0.3) is 6.08 Å². The highest BCUT2D eigenvalue weighted by Gasteiger charge is 2.36. The molecule has 0 unspecified atom stereocenters. The molecule has 34 heavy (non-hydrogen) atoms. The van der Waals surface area contributed by atoms with Gasteiger partial charge in [0.15, 0.2) is 0 Å². The Labute approximate surface area is 199 Å². The number of methoxy groups -OCH3 is 1. The number of carbonyl (C=O) groups is 3. The molecule has 2 heterocycles. The van der Waals surface area contributed by atoms with Crippen molar-refractivity contribution >= 4 is 23.8 Å². The first-order valence-corrected chi connectivity index (χ1v) is 11.9. The number of benzene rings is 2. The molecular formula is C28H30O6. The Morgan fingerprint density at radius 3 is 2.56 bits per heavy atom. The fraction of sp³-hybridized carbons (Fsp3) is 0.393. The highest BCUT2D eigenvalue weighted by Crippen LogP contribution is 2.47. The van der Waals surface area contributed by atoms with Crippen LogP contribution in [-0.4, -0.2) is 30.9 Å². The number of fused-ring (bicyclic) bond motifs is 2. The van der Waals surface area contributed by atoms with E-state index < -0.39 is 5.97 Å². The van der Waals surface area contributed by atoms with Crippen molar-refractivity contribution in [3.05, 3.63) is 64.7 Å². The van der Waals surface area contributed by atoms with Gasteiger partial charge in [0.05, 0.1) is 19.6 Å². The van der Waals surface area contributed by atoms with Gasteiger partial charge in [-0.15, -0.1) is 0 Å². The molecule has 2 aliphatic rings. The number of ether oxygens (including phenoxy) is 3. The van der Waals surface area contributed by atoms with Crippen molar-refractivity contribution in [3.8, 4) is 11.5 Å². The van der Waals surface area contributed by atoms with Crippen molar-refractivity contribution in [2.75, 3.05) is 7.11 Å². The molecule has 0 saturated heterocycles. The predicted octanol–water partition coefficient (Wildman–Crippen LogP) is 5.62. The van der Waals surface area contributed by atoms with Gasteiger partial charge in [-0.3, -0.25) is 9.59 Å². The second-order valence-electron chi connectivity index (χ2n) is 8.87. The van der Waals surface area contributed by atoms with Gasteiger partial charge < -0.3 is 14.2 Å². The third kappa shape index (κ3) is 5.22. The van der Waals surface area contributed by atoms with Crippen LogP contribution in [0.1, 0.15) is 84.8 Å². The summed E-state index contributed by atoms with van der Waals surface area (Å²) >= 11 is 0. The topological polar surface area (TPSA) is 78.9 Å². The number of esters is 2. The van der Waals surface area contributed by atoms with E-state index in [0.29, 0.717) is 60.3 Å². The van der Waals surface area contributed by atoms with E-state index in [2.05, 4.69) is 0 Å². The summed E-state index contributed by atoms with van der Waals surface area (Å²) in [4.78, 5) is 37.9. The summed E-state index contributed by atoms with van der Waals surface area (Å²) in [6.07, 6.45) is 7.34. The predicted molar refractivity (Wildman–Crippen MR) is 128 cm³/mol. The summed E-state index contributed by atoms with van der Waals surface area (Å²) in [5.74, 6) is -0.118. The van der Waals surface area contributed by atoms with Crippen LogP contribution >= 0.6 is 0 Å². The highest BCUT2D eigenvalue weighted by molar-refractivity contribution is 5.99. The summed E-state index contributed by atoms with van der Waals surface area (Å²) in [6, 6.07) is 11.4. The van der Waals surface area contributed by atoms with E-state index in [1.54, 1.807) is 6.07 Å². The molecule has 0 aromatic heterocycles. The normalized spacial score (nSPS) is 21.5. The molecule has 4 rings (SSSR count). The Kier molecular flexibility index (Phi) is 7.46. The van der Waals surface area contributed by atoms with E-state index in [0.717, 1.165) is 12.0 Å². The van der Waals surface area contributed by atoms with Crippen LogP contribution in [0.5, 0.6) is 11.5 Å². The fourth-order valence-electron chi connectivity index (χ4n) is 4.68. The molecule has 2 aromatic carbocycles. The van der Waals surface area contributed by atoms with Crippen molar-refractivity contribution in [2.45, 2.75) is 63.9 Å². The van der Waals surface area contributed by atoms with Crippen molar-refractivity contribution in [3.63, 3.8) is 0 Å². The largest absolute Gasteiger partial charge is 0.495 e. The van der Waals surface area contributed by atoms with E-state index in [-0.39, 0.29) is 30.2 Å². The van der Waals surface area contributed by atoms with E-state index in [1.165, 1.54) is 7.11 Å². The maximum absolute atomic E-state index is 13.4. The number of ketones is 1. The minimum atomic E-state index is -0.487. The van der Waals surface area contributed by atoms with Gasteiger partial charge in [0.2, 0.25) is 0 Å². The molecule has 0 spiro atoms. The Hall–Kier alpha value is -3.41. The number of hydrogen-bond acceptors (Lipinski definition) is 6. The number of Topliss-reactive ketones (excluding diaryl/α,β-unsaturated/α-hetero) is 1. The molecule has 6 heteroatoms. The van der Waals surface area contributed by atoms with Crippen LogP contribution < -0.4 is 9.47 Å². The molecule has 0 bridgehead atoms. The molecule has 178 valence electrons. The lowest BCUT2D eigenvalue weighted by atomic mass is 9.83. The maximum atomic E-state index is 13.4. The lowest BCUT2D eigenvalue weighted by Gasteiger charge is -2.29. The summed E-state index contributed by atoms with van der Waals surface area (Å²) in [5, 5.41) is 0. The molecule has 0 fully saturated rings. The molecule has 0 N–H and O–H groups in total. The second-order valence-corrected chi connectivity index (χ2v) is 8.87. The van der Waals surface area contributed by atoms with Gasteiger partial charge in [-0.2, -0.15) is 0 Å². The van der Waals surface area contributed by atoms with Crippen molar-refractivity contribution in [1.82, 2.24) is 0 Å².